The number of benzene rings is 1. The van der Waals surface area contributed by atoms with E-state index in [2.05, 4.69) is 6.92 Å². The molecular weight excluding hydrogens is 276 g/mol. The van der Waals surface area contributed by atoms with Gasteiger partial charge in [0, 0.05) is 26.3 Å². The van der Waals surface area contributed by atoms with Gasteiger partial charge in [0.1, 0.15) is 5.69 Å². The van der Waals surface area contributed by atoms with E-state index in [1.54, 1.807) is 7.11 Å². The minimum atomic E-state index is -1.17. The number of anilines is 1. The van der Waals surface area contributed by atoms with Gasteiger partial charge in [-0.25, -0.2) is 4.79 Å². The quantitative estimate of drug-likeness (QED) is 0.675. The van der Waals surface area contributed by atoms with E-state index in [9.17, 15) is 14.9 Å². The van der Waals surface area contributed by atoms with Crippen molar-refractivity contribution >= 4 is 17.3 Å². The molecule has 21 heavy (non-hydrogen) atoms. The normalized spacial score (nSPS) is 22.1. The number of nitro benzene ring substituents is 1. The Bertz CT molecular complexity index is 560. The summed E-state index contributed by atoms with van der Waals surface area (Å²) >= 11 is 0. The summed E-state index contributed by atoms with van der Waals surface area (Å²) in [4.78, 5) is 23.5. The van der Waals surface area contributed by atoms with Gasteiger partial charge in [-0.05, 0) is 24.5 Å². The number of hydrogen-bond donors (Lipinski definition) is 1. The molecule has 0 bridgehead atoms. The second-order valence-corrected chi connectivity index (χ2v) is 5.25. The van der Waals surface area contributed by atoms with Crippen molar-refractivity contribution in [1.82, 2.24) is 0 Å². The zero-order valence-corrected chi connectivity index (χ0v) is 12.0. The summed E-state index contributed by atoms with van der Waals surface area (Å²) in [5.41, 5.74) is 0.178. The van der Waals surface area contributed by atoms with E-state index in [0.717, 1.165) is 12.5 Å². The molecule has 1 N–H and O–H groups in total. The van der Waals surface area contributed by atoms with Gasteiger partial charge in [-0.1, -0.05) is 6.92 Å². The van der Waals surface area contributed by atoms with Gasteiger partial charge in [0.05, 0.1) is 16.6 Å². The number of aromatic carboxylic acids is 1. The smallest absolute Gasteiger partial charge is 0.335 e. The first kappa shape index (κ1) is 15.2. The summed E-state index contributed by atoms with van der Waals surface area (Å²) < 4.78 is 5.41. The van der Waals surface area contributed by atoms with Crippen molar-refractivity contribution in [2.45, 2.75) is 19.4 Å². The van der Waals surface area contributed by atoms with Crippen LogP contribution >= 0.6 is 0 Å². The van der Waals surface area contributed by atoms with Crippen molar-refractivity contribution < 1.29 is 19.6 Å². The molecule has 2 unspecified atom stereocenters. The van der Waals surface area contributed by atoms with Crippen LogP contribution in [0.15, 0.2) is 18.2 Å². The van der Waals surface area contributed by atoms with Crippen LogP contribution in [0.5, 0.6) is 0 Å². The Morgan fingerprint density at radius 3 is 2.81 bits per heavy atom. The van der Waals surface area contributed by atoms with Gasteiger partial charge in [-0.2, -0.15) is 0 Å². The Hall–Kier alpha value is -2.15. The Morgan fingerprint density at radius 2 is 2.24 bits per heavy atom. The van der Waals surface area contributed by atoms with E-state index in [1.807, 2.05) is 4.90 Å². The highest BCUT2D eigenvalue weighted by Gasteiger charge is 2.30. The van der Waals surface area contributed by atoms with Gasteiger partial charge in [-0.15, -0.1) is 0 Å². The molecule has 7 nitrogen and oxygen atoms in total. The van der Waals surface area contributed by atoms with Crippen LogP contribution in [0.1, 0.15) is 23.7 Å². The molecule has 1 aromatic carbocycles. The summed E-state index contributed by atoms with van der Waals surface area (Å²) in [5.74, 6) is -0.782. The number of rotatable bonds is 4. The summed E-state index contributed by atoms with van der Waals surface area (Å²) in [6.45, 7) is 3.34. The molecule has 0 aromatic heterocycles. The molecule has 1 heterocycles. The van der Waals surface area contributed by atoms with Crippen molar-refractivity contribution in [3.05, 3.63) is 33.9 Å². The number of carbonyl (C=O) groups is 1. The highest BCUT2D eigenvalue weighted by atomic mass is 16.6. The maximum Gasteiger partial charge on any atom is 0.335 e. The molecule has 1 saturated heterocycles. The zero-order chi connectivity index (χ0) is 15.6. The zero-order valence-electron chi connectivity index (χ0n) is 12.0. The third-order valence-electron chi connectivity index (χ3n) is 3.95. The Kier molecular flexibility index (Phi) is 4.42. The van der Waals surface area contributed by atoms with Crippen LogP contribution in [0.2, 0.25) is 0 Å². The topological polar surface area (TPSA) is 92.9 Å². The molecule has 2 atom stereocenters. The van der Waals surface area contributed by atoms with Gasteiger partial charge in [0.25, 0.3) is 5.69 Å². The highest BCUT2D eigenvalue weighted by Crippen LogP contribution is 2.33. The van der Waals surface area contributed by atoms with Gasteiger partial charge in [0.2, 0.25) is 0 Å². The molecule has 1 aliphatic rings. The number of carboxylic acid groups (broad SMARTS) is 1. The van der Waals surface area contributed by atoms with Gasteiger partial charge in [0.15, 0.2) is 0 Å². The van der Waals surface area contributed by atoms with Crippen molar-refractivity contribution in [1.29, 1.82) is 0 Å². The lowest BCUT2D eigenvalue weighted by Gasteiger charge is -2.37. The first-order valence-electron chi connectivity index (χ1n) is 6.73. The third kappa shape index (κ3) is 3.13. The van der Waals surface area contributed by atoms with Crippen LogP contribution in [-0.2, 0) is 4.74 Å². The molecule has 1 aromatic rings. The molecule has 7 heteroatoms. The van der Waals surface area contributed by atoms with Crippen molar-refractivity contribution in [3.63, 3.8) is 0 Å². The summed E-state index contributed by atoms with van der Waals surface area (Å²) in [6, 6.07) is 4.01. The molecule has 0 spiro atoms. The molecule has 0 aliphatic carbocycles. The van der Waals surface area contributed by atoms with Crippen LogP contribution in [0.4, 0.5) is 11.4 Å². The average molecular weight is 294 g/mol. The minimum Gasteiger partial charge on any atom is -0.478 e. The Morgan fingerprint density at radius 1 is 1.52 bits per heavy atom. The number of nitrogens with zero attached hydrogens (tertiary/aromatic N) is 2. The maximum atomic E-state index is 11.2. The van der Waals surface area contributed by atoms with Crippen molar-refractivity contribution in [2.24, 2.45) is 5.92 Å². The SMILES string of the molecule is COC1CN(c2ccc(C(=O)O)cc2[N+](=O)[O-])CCC1C. The van der Waals surface area contributed by atoms with E-state index in [1.165, 1.54) is 12.1 Å². The van der Waals surface area contributed by atoms with Crippen LogP contribution in [0.25, 0.3) is 0 Å². The lowest BCUT2D eigenvalue weighted by atomic mass is 9.95. The second kappa shape index (κ2) is 6.09. The van der Waals surface area contributed by atoms with Crippen LogP contribution in [0.3, 0.4) is 0 Å². The lowest BCUT2D eigenvalue weighted by molar-refractivity contribution is -0.384. The number of ether oxygens (including phenoxy) is 1. The lowest BCUT2D eigenvalue weighted by Crippen LogP contribution is -2.44. The molecule has 2 rings (SSSR count). The van der Waals surface area contributed by atoms with Crippen LogP contribution in [0, 0.1) is 16.0 Å². The first-order valence-corrected chi connectivity index (χ1v) is 6.73. The number of carboxylic acids is 1. The first-order chi connectivity index (χ1) is 9.93. The molecule has 0 radical (unpaired) electrons. The van der Waals surface area contributed by atoms with Gasteiger partial charge in [-0.3, -0.25) is 10.1 Å². The Labute approximate surface area is 122 Å². The fourth-order valence-corrected chi connectivity index (χ4v) is 2.63. The van der Waals surface area contributed by atoms with Crippen molar-refractivity contribution in [2.75, 3.05) is 25.1 Å². The predicted molar refractivity (Wildman–Crippen MR) is 76.8 cm³/mol. The molecule has 114 valence electrons. The largest absolute Gasteiger partial charge is 0.478 e. The third-order valence-corrected chi connectivity index (χ3v) is 3.95. The Balaban J connectivity index is 2.35. The fraction of sp³-hybridized carbons (Fsp3) is 0.500. The van der Waals surface area contributed by atoms with Gasteiger partial charge < -0.3 is 14.7 Å². The standard InChI is InChI=1S/C14H18N2O5/c1-9-5-6-15(8-13(9)21-2)11-4-3-10(14(17)18)7-12(11)16(19)20/h3-4,7,9,13H,5-6,8H2,1-2H3,(H,17,18). The average Bonchev–Trinajstić information content (AvgIpc) is 2.47. The van der Waals surface area contributed by atoms with E-state index < -0.39 is 10.9 Å². The van der Waals surface area contributed by atoms with Gasteiger partial charge >= 0.3 is 5.97 Å². The van der Waals surface area contributed by atoms with Crippen LogP contribution < -0.4 is 4.90 Å². The van der Waals surface area contributed by atoms with E-state index >= 15 is 0 Å². The predicted octanol–water partition coefficient (Wildman–Crippen LogP) is 2.15. The molecule has 0 amide bonds. The molecule has 1 aliphatic heterocycles. The molecule has 1 fully saturated rings. The van der Waals surface area contributed by atoms with Crippen LogP contribution in [-0.4, -0.2) is 42.3 Å². The number of methoxy groups -OCH3 is 1. The number of nitro groups is 1. The highest BCUT2D eigenvalue weighted by molar-refractivity contribution is 5.89. The maximum absolute atomic E-state index is 11.2. The molecule has 0 saturated carbocycles. The monoisotopic (exact) mass is 294 g/mol. The summed E-state index contributed by atoms with van der Waals surface area (Å²) in [7, 11) is 1.63. The number of piperidine rings is 1. The van der Waals surface area contributed by atoms with E-state index in [0.29, 0.717) is 24.7 Å². The van der Waals surface area contributed by atoms with Crippen molar-refractivity contribution in [3.8, 4) is 0 Å². The fourth-order valence-electron chi connectivity index (χ4n) is 2.63. The van der Waals surface area contributed by atoms with E-state index in [4.69, 9.17) is 9.84 Å². The summed E-state index contributed by atoms with van der Waals surface area (Å²) in [5, 5.41) is 20.2. The van der Waals surface area contributed by atoms with E-state index in [-0.39, 0.29) is 17.4 Å². The minimum absolute atomic E-state index is 0.0116. The summed E-state index contributed by atoms with van der Waals surface area (Å²) in [6.07, 6.45) is 0.883. The number of hydrogen-bond acceptors (Lipinski definition) is 5. The molecular formula is C14H18N2O5. The second-order valence-electron chi connectivity index (χ2n) is 5.25.